The molecule has 11 heteroatoms. The molecule has 10 nitrogen and oxygen atoms in total. The molecule has 32 heavy (non-hydrogen) atoms. The van der Waals surface area contributed by atoms with E-state index in [4.69, 9.17) is 4.74 Å². The minimum atomic E-state index is -0.473. The van der Waals surface area contributed by atoms with Crippen molar-refractivity contribution in [3.05, 3.63) is 71.0 Å². The lowest BCUT2D eigenvalue weighted by molar-refractivity contribution is -0.384. The number of nitro groups is 1. The van der Waals surface area contributed by atoms with Gasteiger partial charge in [0.1, 0.15) is 12.3 Å². The second kappa shape index (κ2) is 10.4. The maximum atomic E-state index is 12.5. The van der Waals surface area contributed by atoms with Gasteiger partial charge in [0.15, 0.2) is 0 Å². The number of thioether (sulfide) groups is 1. The van der Waals surface area contributed by atoms with Gasteiger partial charge >= 0.3 is 0 Å². The summed E-state index contributed by atoms with van der Waals surface area (Å²) in [6, 6.07) is 12.9. The van der Waals surface area contributed by atoms with E-state index in [0.717, 1.165) is 4.90 Å². The molecule has 2 amide bonds. The topological polar surface area (TPSA) is 128 Å². The summed E-state index contributed by atoms with van der Waals surface area (Å²) in [6.07, 6.45) is 3.02. The number of ether oxygens (including phenoxy) is 1. The fraction of sp³-hybridized carbons (Fsp3) is 0.190. The van der Waals surface area contributed by atoms with Gasteiger partial charge in [0.25, 0.3) is 5.69 Å². The number of nitro benzene ring substituents is 1. The van der Waals surface area contributed by atoms with E-state index in [1.54, 1.807) is 56.6 Å². The fourth-order valence-electron chi connectivity index (χ4n) is 2.68. The van der Waals surface area contributed by atoms with Crippen LogP contribution in [0.4, 0.5) is 17.1 Å². The van der Waals surface area contributed by atoms with Gasteiger partial charge in [-0.1, -0.05) is 0 Å². The van der Waals surface area contributed by atoms with Crippen LogP contribution in [0, 0.1) is 10.1 Å². The molecule has 0 aliphatic rings. The maximum absolute atomic E-state index is 12.5. The quantitative estimate of drug-likeness (QED) is 0.287. The van der Waals surface area contributed by atoms with Gasteiger partial charge in [0, 0.05) is 28.9 Å². The van der Waals surface area contributed by atoms with E-state index >= 15 is 0 Å². The Balaban J connectivity index is 1.50. The van der Waals surface area contributed by atoms with Gasteiger partial charge in [-0.25, -0.2) is 0 Å². The highest BCUT2D eigenvalue weighted by Gasteiger charge is 2.16. The third-order valence-corrected chi connectivity index (χ3v) is 5.42. The molecule has 1 atom stereocenters. The van der Waals surface area contributed by atoms with Crippen LogP contribution >= 0.6 is 11.8 Å². The number of rotatable bonds is 9. The summed E-state index contributed by atoms with van der Waals surface area (Å²) in [5.74, 6) is 0.172. The van der Waals surface area contributed by atoms with Crippen LogP contribution in [-0.2, 0) is 16.1 Å². The van der Waals surface area contributed by atoms with E-state index in [9.17, 15) is 19.7 Å². The summed E-state index contributed by atoms with van der Waals surface area (Å²) in [5.41, 5.74) is 1.09. The van der Waals surface area contributed by atoms with Crippen molar-refractivity contribution in [2.75, 3.05) is 17.7 Å². The minimum absolute atomic E-state index is 0.00473. The average molecular weight is 455 g/mol. The molecule has 0 saturated heterocycles. The highest BCUT2D eigenvalue weighted by atomic mass is 32.2. The molecule has 0 bridgehead atoms. The van der Waals surface area contributed by atoms with Crippen molar-refractivity contribution in [3.8, 4) is 5.75 Å². The number of non-ortho nitro benzene ring substituents is 1. The van der Waals surface area contributed by atoms with Crippen molar-refractivity contribution in [1.82, 2.24) is 9.78 Å². The molecule has 0 aliphatic carbocycles. The first kappa shape index (κ1) is 22.8. The number of amides is 2. The summed E-state index contributed by atoms with van der Waals surface area (Å²) in [5, 5.41) is 19.9. The van der Waals surface area contributed by atoms with Gasteiger partial charge in [-0.05, 0) is 43.3 Å². The van der Waals surface area contributed by atoms with Crippen molar-refractivity contribution >= 4 is 40.6 Å². The summed E-state index contributed by atoms with van der Waals surface area (Å²) in [4.78, 5) is 35.7. The van der Waals surface area contributed by atoms with E-state index in [1.165, 1.54) is 34.8 Å². The molecule has 1 aromatic heterocycles. The third kappa shape index (κ3) is 6.32. The van der Waals surface area contributed by atoms with Crippen LogP contribution in [0.3, 0.4) is 0 Å². The summed E-state index contributed by atoms with van der Waals surface area (Å²) in [7, 11) is 1.57. The predicted octanol–water partition coefficient (Wildman–Crippen LogP) is 3.56. The van der Waals surface area contributed by atoms with Gasteiger partial charge < -0.3 is 15.4 Å². The maximum Gasteiger partial charge on any atom is 0.269 e. The average Bonchev–Trinajstić information content (AvgIpc) is 3.21. The van der Waals surface area contributed by atoms with Crippen molar-refractivity contribution in [2.45, 2.75) is 23.6 Å². The number of nitrogens with one attached hydrogen (secondary N) is 2. The Kier molecular flexibility index (Phi) is 7.45. The molecule has 2 aromatic carbocycles. The van der Waals surface area contributed by atoms with Gasteiger partial charge in [-0.3, -0.25) is 24.4 Å². The van der Waals surface area contributed by atoms with E-state index in [1.807, 2.05) is 0 Å². The molecular weight excluding hydrogens is 434 g/mol. The lowest BCUT2D eigenvalue weighted by Crippen LogP contribution is -2.22. The molecule has 3 rings (SSSR count). The van der Waals surface area contributed by atoms with Crippen molar-refractivity contribution in [1.29, 1.82) is 0 Å². The smallest absolute Gasteiger partial charge is 0.269 e. The van der Waals surface area contributed by atoms with Crippen LogP contribution in [0.5, 0.6) is 5.75 Å². The summed E-state index contributed by atoms with van der Waals surface area (Å²) < 4.78 is 6.50. The van der Waals surface area contributed by atoms with E-state index < -0.39 is 10.2 Å². The Labute approximate surface area is 188 Å². The highest BCUT2D eigenvalue weighted by molar-refractivity contribution is 8.00. The van der Waals surface area contributed by atoms with Crippen molar-refractivity contribution in [3.63, 3.8) is 0 Å². The number of aromatic nitrogens is 2. The zero-order valence-electron chi connectivity index (χ0n) is 17.3. The highest BCUT2D eigenvalue weighted by Crippen LogP contribution is 2.26. The lowest BCUT2D eigenvalue weighted by atomic mass is 10.3. The van der Waals surface area contributed by atoms with Crippen LogP contribution in [0.25, 0.3) is 0 Å². The molecular formula is C21H21N5O5S. The van der Waals surface area contributed by atoms with E-state index in [2.05, 4.69) is 15.7 Å². The van der Waals surface area contributed by atoms with Crippen LogP contribution in [-0.4, -0.2) is 38.9 Å². The Morgan fingerprint density at radius 3 is 2.44 bits per heavy atom. The Hall–Kier alpha value is -3.86. The normalized spacial score (nSPS) is 11.4. The second-order valence-corrected chi connectivity index (χ2v) is 8.12. The van der Waals surface area contributed by atoms with Crippen molar-refractivity contribution in [2.24, 2.45) is 0 Å². The molecule has 0 fully saturated rings. The molecule has 0 saturated carbocycles. The SMILES string of the molecule is COc1ccc(NC(=O)Cn2cc(NC(=O)C(C)Sc3ccc([N+](=O)[O-])cc3)cn2)cc1. The summed E-state index contributed by atoms with van der Waals surface area (Å²) in [6.45, 7) is 1.71. The van der Waals surface area contributed by atoms with Gasteiger partial charge in [0.2, 0.25) is 11.8 Å². The third-order valence-electron chi connectivity index (χ3n) is 4.31. The number of methoxy groups -OCH3 is 1. The van der Waals surface area contributed by atoms with Crippen LogP contribution in [0.2, 0.25) is 0 Å². The zero-order chi connectivity index (χ0) is 23.1. The van der Waals surface area contributed by atoms with Crippen LogP contribution < -0.4 is 15.4 Å². The first-order chi connectivity index (χ1) is 15.3. The molecule has 1 heterocycles. The molecule has 0 spiro atoms. The monoisotopic (exact) mass is 455 g/mol. The van der Waals surface area contributed by atoms with Crippen LogP contribution in [0.15, 0.2) is 65.8 Å². The van der Waals surface area contributed by atoms with Crippen molar-refractivity contribution < 1.29 is 19.2 Å². The van der Waals surface area contributed by atoms with E-state index in [0.29, 0.717) is 17.1 Å². The molecule has 0 aliphatic heterocycles. The molecule has 166 valence electrons. The number of anilines is 2. The lowest BCUT2D eigenvalue weighted by Gasteiger charge is -2.10. The first-order valence-electron chi connectivity index (χ1n) is 9.52. The number of carbonyl (C=O) groups is 2. The molecule has 1 unspecified atom stereocenters. The van der Waals surface area contributed by atoms with Crippen LogP contribution in [0.1, 0.15) is 6.92 Å². The first-order valence-corrected chi connectivity index (χ1v) is 10.4. The molecule has 2 N–H and O–H groups in total. The number of benzene rings is 2. The Morgan fingerprint density at radius 2 is 1.81 bits per heavy atom. The largest absolute Gasteiger partial charge is 0.497 e. The number of nitrogens with zero attached hydrogens (tertiary/aromatic N) is 3. The second-order valence-electron chi connectivity index (χ2n) is 6.70. The molecule has 0 radical (unpaired) electrons. The van der Waals surface area contributed by atoms with Gasteiger partial charge in [-0.2, -0.15) is 5.10 Å². The summed E-state index contributed by atoms with van der Waals surface area (Å²) >= 11 is 1.28. The predicted molar refractivity (Wildman–Crippen MR) is 121 cm³/mol. The number of hydrogen-bond donors (Lipinski definition) is 2. The Morgan fingerprint density at radius 1 is 1.12 bits per heavy atom. The standard InChI is InChI=1S/C21H21N5O5S/c1-14(32-19-9-5-17(6-10-19)26(29)30)21(28)24-16-11-22-25(12-16)13-20(27)23-15-3-7-18(31-2)8-4-15/h3-12,14H,13H2,1-2H3,(H,23,27)(H,24,28). The molecule has 3 aromatic rings. The minimum Gasteiger partial charge on any atom is -0.497 e. The van der Waals surface area contributed by atoms with Gasteiger partial charge in [0.05, 0.1) is 29.2 Å². The van der Waals surface area contributed by atoms with Gasteiger partial charge in [-0.15, -0.1) is 11.8 Å². The number of carbonyl (C=O) groups excluding carboxylic acids is 2. The fourth-order valence-corrected chi connectivity index (χ4v) is 3.55. The van der Waals surface area contributed by atoms with E-state index in [-0.39, 0.29) is 24.0 Å². The number of hydrogen-bond acceptors (Lipinski definition) is 7. The zero-order valence-corrected chi connectivity index (χ0v) is 18.2. The Bertz CT molecular complexity index is 1100.